The number of hydrogen-bond donors (Lipinski definition) is 2. The van der Waals surface area contributed by atoms with Crippen LogP contribution in [0.4, 0.5) is 15.6 Å². The Labute approximate surface area is 122 Å². The molecule has 0 saturated carbocycles. The SMILES string of the molecule is CCCCc1nnc(NC(=O)Nc2cccc(C)c2)s1. The van der Waals surface area contributed by atoms with Gasteiger partial charge in [0, 0.05) is 12.1 Å². The molecule has 2 aromatic rings. The Kier molecular flexibility index (Phi) is 5.06. The molecular formula is C14H18N4OS. The number of benzene rings is 1. The van der Waals surface area contributed by atoms with E-state index in [1.54, 1.807) is 0 Å². The molecule has 106 valence electrons. The van der Waals surface area contributed by atoms with E-state index in [1.807, 2.05) is 31.2 Å². The zero-order chi connectivity index (χ0) is 14.4. The fourth-order valence-electron chi connectivity index (χ4n) is 1.72. The van der Waals surface area contributed by atoms with Gasteiger partial charge in [0.25, 0.3) is 0 Å². The van der Waals surface area contributed by atoms with Crippen LogP contribution < -0.4 is 10.6 Å². The molecule has 0 aliphatic carbocycles. The molecule has 5 nitrogen and oxygen atoms in total. The molecule has 0 unspecified atom stereocenters. The lowest BCUT2D eigenvalue weighted by molar-refractivity contribution is 0.262. The smallest absolute Gasteiger partial charge is 0.308 e. The average molecular weight is 290 g/mol. The molecule has 0 fully saturated rings. The van der Waals surface area contributed by atoms with E-state index in [0.29, 0.717) is 5.13 Å². The van der Waals surface area contributed by atoms with Gasteiger partial charge in [-0.3, -0.25) is 5.32 Å². The number of nitrogens with one attached hydrogen (secondary N) is 2. The number of carbonyl (C=O) groups is 1. The van der Waals surface area contributed by atoms with Crippen molar-refractivity contribution < 1.29 is 4.79 Å². The van der Waals surface area contributed by atoms with E-state index in [2.05, 4.69) is 27.8 Å². The second-order valence-corrected chi connectivity index (χ2v) is 5.62. The predicted molar refractivity (Wildman–Crippen MR) is 82.3 cm³/mol. The molecule has 0 spiro atoms. The molecule has 0 atom stereocenters. The Morgan fingerprint density at radius 1 is 1.30 bits per heavy atom. The summed E-state index contributed by atoms with van der Waals surface area (Å²) in [5.41, 5.74) is 1.86. The lowest BCUT2D eigenvalue weighted by Crippen LogP contribution is -2.19. The molecule has 6 heteroatoms. The summed E-state index contributed by atoms with van der Waals surface area (Å²) in [6.45, 7) is 4.11. The second-order valence-electron chi connectivity index (χ2n) is 4.55. The lowest BCUT2D eigenvalue weighted by Gasteiger charge is -2.05. The van der Waals surface area contributed by atoms with Gasteiger partial charge in [-0.1, -0.05) is 36.8 Å². The average Bonchev–Trinajstić information content (AvgIpc) is 2.83. The third-order valence-electron chi connectivity index (χ3n) is 2.71. The van der Waals surface area contributed by atoms with Crippen molar-refractivity contribution in [2.75, 3.05) is 10.6 Å². The van der Waals surface area contributed by atoms with Gasteiger partial charge in [0.1, 0.15) is 5.01 Å². The molecule has 0 aliphatic heterocycles. The number of urea groups is 1. The van der Waals surface area contributed by atoms with Crippen molar-refractivity contribution in [1.82, 2.24) is 10.2 Å². The van der Waals surface area contributed by atoms with E-state index in [1.165, 1.54) is 11.3 Å². The predicted octanol–water partition coefficient (Wildman–Crippen LogP) is 3.83. The van der Waals surface area contributed by atoms with Gasteiger partial charge in [0.15, 0.2) is 0 Å². The molecule has 2 amide bonds. The molecule has 0 bridgehead atoms. The van der Waals surface area contributed by atoms with Crippen LogP contribution in [0.15, 0.2) is 24.3 Å². The highest BCUT2D eigenvalue weighted by Crippen LogP contribution is 2.17. The maximum absolute atomic E-state index is 11.8. The molecule has 1 aromatic carbocycles. The normalized spacial score (nSPS) is 10.3. The van der Waals surface area contributed by atoms with Crippen molar-refractivity contribution in [2.24, 2.45) is 0 Å². The summed E-state index contributed by atoms with van der Waals surface area (Å²) >= 11 is 1.42. The number of anilines is 2. The quantitative estimate of drug-likeness (QED) is 0.879. The summed E-state index contributed by atoms with van der Waals surface area (Å²) < 4.78 is 0. The van der Waals surface area contributed by atoms with E-state index < -0.39 is 0 Å². The first-order valence-corrected chi connectivity index (χ1v) is 7.46. The summed E-state index contributed by atoms with van der Waals surface area (Å²) in [5, 5.41) is 15.0. The van der Waals surface area contributed by atoms with Crippen LogP contribution in [0.25, 0.3) is 0 Å². The molecule has 0 radical (unpaired) electrons. The molecule has 2 rings (SSSR count). The number of hydrogen-bond acceptors (Lipinski definition) is 4. The zero-order valence-corrected chi connectivity index (χ0v) is 12.5. The van der Waals surface area contributed by atoms with Crippen molar-refractivity contribution in [3.05, 3.63) is 34.8 Å². The van der Waals surface area contributed by atoms with Crippen LogP contribution in [0.2, 0.25) is 0 Å². The van der Waals surface area contributed by atoms with Crippen molar-refractivity contribution >= 4 is 28.2 Å². The van der Waals surface area contributed by atoms with Crippen LogP contribution in [-0.4, -0.2) is 16.2 Å². The van der Waals surface area contributed by atoms with Crippen LogP contribution in [0.1, 0.15) is 30.3 Å². The second kappa shape index (κ2) is 7.00. The summed E-state index contributed by atoms with van der Waals surface area (Å²) in [7, 11) is 0. The minimum atomic E-state index is -0.297. The Morgan fingerprint density at radius 3 is 2.90 bits per heavy atom. The number of carbonyl (C=O) groups excluding carboxylic acids is 1. The van der Waals surface area contributed by atoms with E-state index in [0.717, 1.165) is 35.5 Å². The highest BCUT2D eigenvalue weighted by Gasteiger charge is 2.08. The van der Waals surface area contributed by atoms with E-state index in [-0.39, 0.29) is 6.03 Å². The molecule has 0 saturated heterocycles. The molecule has 2 N–H and O–H groups in total. The first-order valence-electron chi connectivity index (χ1n) is 6.64. The van der Waals surface area contributed by atoms with Crippen LogP contribution in [0.3, 0.4) is 0 Å². The molecule has 0 aliphatic rings. The van der Waals surface area contributed by atoms with Gasteiger partial charge in [-0.2, -0.15) is 0 Å². The van der Waals surface area contributed by atoms with Crippen molar-refractivity contribution in [3.63, 3.8) is 0 Å². The summed E-state index contributed by atoms with van der Waals surface area (Å²) in [6, 6.07) is 7.34. The minimum absolute atomic E-state index is 0.297. The number of unbranched alkanes of at least 4 members (excludes halogenated alkanes) is 1. The number of aryl methyl sites for hydroxylation is 2. The van der Waals surface area contributed by atoms with Gasteiger partial charge in [-0.05, 0) is 31.0 Å². The van der Waals surface area contributed by atoms with Crippen LogP contribution >= 0.6 is 11.3 Å². The summed E-state index contributed by atoms with van der Waals surface area (Å²) in [6.07, 6.45) is 3.12. The lowest BCUT2D eigenvalue weighted by atomic mass is 10.2. The van der Waals surface area contributed by atoms with E-state index in [4.69, 9.17) is 0 Å². The third-order valence-corrected chi connectivity index (χ3v) is 3.61. The Balaban J connectivity index is 1.89. The van der Waals surface area contributed by atoms with Crippen molar-refractivity contribution in [1.29, 1.82) is 0 Å². The first kappa shape index (κ1) is 14.5. The largest absolute Gasteiger partial charge is 0.325 e. The number of amides is 2. The van der Waals surface area contributed by atoms with Crippen molar-refractivity contribution in [3.8, 4) is 0 Å². The molecule has 1 aromatic heterocycles. The number of rotatable bonds is 5. The van der Waals surface area contributed by atoms with Gasteiger partial charge in [0.05, 0.1) is 0 Å². The third kappa shape index (κ3) is 4.31. The highest BCUT2D eigenvalue weighted by molar-refractivity contribution is 7.15. The highest BCUT2D eigenvalue weighted by atomic mass is 32.1. The van der Waals surface area contributed by atoms with Crippen molar-refractivity contribution in [2.45, 2.75) is 33.1 Å². The summed E-state index contributed by atoms with van der Waals surface area (Å²) in [4.78, 5) is 11.8. The van der Waals surface area contributed by atoms with Crippen LogP contribution in [-0.2, 0) is 6.42 Å². The van der Waals surface area contributed by atoms with E-state index in [9.17, 15) is 4.79 Å². The van der Waals surface area contributed by atoms with Crippen LogP contribution in [0.5, 0.6) is 0 Å². The topological polar surface area (TPSA) is 66.9 Å². The van der Waals surface area contributed by atoms with Gasteiger partial charge in [-0.25, -0.2) is 4.79 Å². The Morgan fingerprint density at radius 2 is 2.15 bits per heavy atom. The zero-order valence-electron chi connectivity index (χ0n) is 11.6. The molecule has 20 heavy (non-hydrogen) atoms. The maximum Gasteiger partial charge on any atom is 0.325 e. The number of nitrogens with zero attached hydrogens (tertiary/aromatic N) is 2. The fourth-order valence-corrected chi connectivity index (χ4v) is 2.49. The molecular weight excluding hydrogens is 272 g/mol. The van der Waals surface area contributed by atoms with Gasteiger partial charge in [0.2, 0.25) is 5.13 Å². The standard InChI is InChI=1S/C14H18N4OS/c1-3-4-8-12-17-18-14(20-12)16-13(19)15-11-7-5-6-10(2)9-11/h5-7,9H,3-4,8H2,1-2H3,(H2,15,16,18,19). The Bertz CT molecular complexity index is 582. The van der Waals surface area contributed by atoms with Gasteiger partial charge < -0.3 is 5.32 Å². The maximum atomic E-state index is 11.8. The van der Waals surface area contributed by atoms with E-state index >= 15 is 0 Å². The first-order chi connectivity index (χ1) is 9.67. The summed E-state index contributed by atoms with van der Waals surface area (Å²) in [5.74, 6) is 0. The fraction of sp³-hybridized carbons (Fsp3) is 0.357. The number of aromatic nitrogens is 2. The van der Waals surface area contributed by atoms with Gasteiger partial charge >= 0.3 is 6.03 Å². The van der Waals surface area contributed by atoms with Gasteiger partial charge in [-0.15, -0.1) is 10.2 Å². The minimum Gasteiger partial charge on any atom is -0.308 e. The van der Waals surface area contributed by atoms with Crippen LogP contribution in [0, 0.1) is 6.92 Å². The monoisotopic (exact) mass is 290 g/mol. The Hall–Kier alpha value is -1.95. The molecule has 1 heterocycles.